The lowest BCUT2D eigenvalue weighted by Crippen LogP contribution is -2.39. The van der Waals surface area contributed by atoms with Crippen LogP contribution in [0.2, 0.25) is 0 Å². The van der Waals surface area contributed by atoms with Gasteiger partial charge in [-0.3, -0.25) is 24.0 Å². The molecule has 0 saturated heterocycles. The van der Waals surface area contributed by atoms with Crippen LogP contribution in [0.4, 0.5) is 5.95 Å². The maximum atomic E-state index is 12.5. The van der Waals surface area contributed by atoms with Crippen LogP contribution >= 0.6 is 12.4 Å². The lowest BCUT2D eigenvalue weighted by Gasteiger charge is -2.19. The minimum absolute atomic E-state index is 0. The molecule has 0 saturated carbocycles. The number of aromatic nitrogens is 2. The van der Waals surface area contributed by atoms with E-state index in [1.165, 1.54) is 14.2 Å². The summed E-state index contributed by atoms with van der Waals surface area (Å²) in [5.41, 5.74) is 11.2. The fourth-order valence-corrected chi connectivity index (χ4v) is 5.69. The number of methoxy groups -OCH3 is 2. The molecule has 14 nitrogen and oxygen atoms in total. The van der Waals surface area contributed by atoms with Gasteiger partial charge in [-0.1, -0.05) is 109 Å². The number of nitrogens with zero attached hydrogens (tertiary/aromatic N) is 2. The van der Waals surface area contributed by atoms with Crippen LogP contribution in [0.3, 0.4) is 0 Å². The lowest BCUT2D eigenvalue weighted by atomic mass is 9.99. The number of carbonyl (C=O) groups is 5. The van der Waals surface area contributed by atoms with Gasteiger partial charge in [0.25, 0.3) is 0 Å². The number of rotatable bonds is 18. The number of hydrogen-bond acceptors (Lipinski definition) is 11. The number of amides is 3. The molecular weight excluding hydrogens is 774 g/mol. The molecule has 0 fully saturated rings. The Morgan fingerprint density at radius 1 is 0.593 bits per heavy atom. The Kier molecular flexibility index (Phi) is 20.3. The van der Waals surface area contributed by atoms with Gasteiger partial charge in [0.1, 0.15) is 0 Å². The van der Waals surface area contributed by atoms with Gasteiger partial charge in [0.05, 0.1) is 52.2 Å². The van der Waals surface area contributed by atoms with Crippen molar-refractivity contribution < 1.29 is 33.4 Å². The minimum Gasteiger partial charge on any atom is -0.469 e. The molecule has 310 valence electrons. The quantitative estimate of drug-likeness (QED) is 0.0565. The highest BCUT2D eigenvalue weighted by atomic mass is 35.5. The standard InChI is InChI=1S/C26H29N5O4.C18H20N2O3.ClH/c1-35-25(34)17-22(21-12-10-20(11-13-21)19-7-3-2-4-8-19)31-24(33)18-30-23(32)9-5-14-27-26-28-15-6-16-29-26;1-23-18(22)11-16(20-17(21)12-19)15-9-7-14(8-10-15)13-5-3-2-4-6-13;/h2-4,6-8,10-13,15-16,22H,5,9,14,17-18H2,1H3,(H,30,32)(H,31,33)(H,27,28,29);2-10,16H,11-12,19H2,1H3,(H,20,21);1H. The third-order valence-corrected chi connectivity index (χ3v) is 8.77. The van der Waals surface area contributed by atoms with Crippen molar-refractivity contribution in [3.8, 4) is 22.3 Å². The Morgan fingerprint density at radius 2 is 1.03 bits per heavy atom. The number of anilines is 1. The second-order valence-corrected chi connectivity index (χ2v) is 12.9. The molecule has 1 aromatic heterocycles. The Bertz CT molecular complexity index is 2020. The summed E-state index contributed by atoms with van der Waals surface area (Å²) in [7, 11) is 2.63. The topological polar surface area (TPSA) is 204 Å². The van der Waals surface area contributed by atoms with Crippen molar-refractivity contribution in [1.82, 2.24) is 25.9 Å². The molecule has 0 aliphatic rings. The summed E-state index contributed by atoms with van der Waals surface area (Å²) < 4.78 is 9.48. The predicted octanol–water partition coefficient (Wildman–Crippen LogP) is 5.33. The number of hydrogen-bond donors (Lipinski definition) is 5. The van der Waals surface area contributed by atoms with Gasteiger partial charge in [-0.15, -0.1) is 12.4 Å². The first-order valence-electron chi connectivity index (χ1n) is 18.7. The molecule has 0 radical (unpaired) electrons. The van der Waals surface area contributed by atoms with Crippen LogP contribution in [0.15, 0.2) is 128 Å². The molecule has 0 spiro atoms. The summed E-state index contributed by atoms with van der Waals surface area (Å²) in [6.07, 6.45) is 4.11. The van der Waals surface area contributed by atoms with E-state index in [9.17, 15) is 24.0 Å². The molecule has 4 aromatic carbocycles. The number of halogens is 1. The third-order valence-electron chi connectivity index (χ3n) is 8.77. The molecular formula is C44H50ClN7O7. The van der Waals surface area contributed by atoms with Crippen LogP contribution < -0.4 is 27.0 Å². The fraction of sp³-hybridized carbons (Fsp3) is 0.250. The van der Waals surface area contributed by atoms with Crippen molar-refractivity contribution in [2.75, 3.05) is 39.2 Å². The van der Waals surface area contributed by atoms with Crippen LogP contribution in [0.5, 0.6) is 0 Å². The average Bonchev–Trinajstić information content (AvgIpc) is 3.27. The smallest absolute Gasteiger partial charge is 0.307 e. The highest BCUT2D eigenvalue weighted by Crippen LogP contribution is 2.25. The first-order chi connectivity index (χ1) is 28.2. The lowest BCUT2D eigenvalue weighted by molar-refractivity contribution is -0.142. The molecule has 3 amide bonds. The molecule has 1 heterocycles. The highest BCUT2D eigenvalue weighted by molar-refractivity contribution is 5.86. The van der Waals surface area contributed by atoms with E-state index in [2.05, 4.69) is 36.0 Å². The monoisotopic (exact) mass is 823 g/mol. The van der Waals surface area contributed by atoms with Gasteiger partial charge in [0.15, 0.2) is 0 Å². The van der Waals surface area contributed by atoms with E-state index < -0.39 is 24.0 Å². The molecule has 5 rings (SSSR count). The largest absolute Gasteiger partial charge is 0.469 e. The van der Waals surface area contributed by atoms with E-state index >= 15 is 0 Å². The Hall–Kier alpha value is -6.64. The van der Waals surface area contributed by atoms with Crippen molar-refractivity contribution in [2.24, 2.45) is 5.73 Å². The number of nitrogens with two attached hydrogens (primary N) is 1. The molecule has 59 heavy (non-hydrogen) atoms. The van der Waals surface area contributed by atoms with Crippen LogP contribution in [0, 0.1) is 0 Å². The number of ether oxygens (including phenoxy) is 2. The first-order valence-corrected chi connectivity index (χ1v) is 18.7. The predicted molar refractivity (Wildman–Crippen MR) is 228 cm³/mol. The van der Waals surface area contributed by atoms with Crippen molar-refractivity contribution >= 4 is 48.0 Å². The van der Waals surface area contributed by atoms with Gasteiger partial charge >= 0.3 is 11.9 Å². The van der Waals surface area contributed by atoms with Gasteiger partial charge in [0.2, 0.25) is 23.7 Å². The summed E-state index contributed by atoms with van der Waals surface area (Å²) in [5, 5.41) is 11.2. The fourth-order valence-electron chi connectivity index (χ4n) is 5.69. The molecule has 0 bridgehead atoms. The van der Waals surface area contributed by atoms with E-state index in [1.807, 2.05) is 109 Å². The SMILES string of the molecule is COC(=O)CC(NC(=O)CN)c1ccc(-c2ccccc2)cc1.COC(=O)CC(NC(=O)CNC(=O)CCCNc1ncccn1)c1ccc(-c2ccccc2)cc1.Cl. The second kappa shape index (κ2) is 25.6. The van der Waals surface area contributed by atoms with Crippen molar-refractivity contribution in [1.29, 1.82) is 0 Å². The summed E-state index contributed by atoms with van der Waals surface area (Å²) in [6.45, 7) is 0.220. The Morgan fingerprint density at radius 3 is 1.47 bits per heavy atom. The normalized spacial score (nSPS) is 11.2. The molecule has 0 aliphatic heterocycles. The van der Waals surface area contributed by atoms with Gasteiger partial charge in [-0.25, -0.2) is 9.97 Å². The van der Waals surface area contributed by atoms with Gasteiger partial charge < -0.3 is 36.5 Å². The zero-order valence-electron chi connectivity index (χ0n) is 33.0. The molecule has 6 N–H and O–H groups in total. The van der Waals surface area contributed by atoms with Crippen molar-refractivity contribution in [3.05, 3.63) is 139 Å². The number of carbonyl (C=O) groups excluding carboxylic acids is 5. The van der Waals surface area contributed by atoms with Crippen molar-refractivity contribution in [2.45, 2.75) is 37.8 Å². The van der Waals surface area contributed by atoms with Crippen LogP contribution in [0.25, 0.3) is 22.3 Å². The number of esters is 2. The summed E-state index contributed by atoms with van der Waals surface area (Å²) in [4.78, 5) is 67.7. The number of benzene rings is 4. The Balaban J connectivity index is 0.000000337. The van der Waals surface area contributed by atoms with Crippen LogP contribution in [-0.2, 0) is 33.4 Å². The summed E-state index contributed by atoms with van der Waals surface area (Å²) in [5.74, 6) is -1.28. The number of nitrogens with one attached hydrogen (secondary N) is 4. The summed E-state index contributed by atoms with van der Waals surface area (Å²) >= 11 is 0. The van der Waals surface area contributed by atoms with Gasteiger partial charge in [-0.05, 0) is 45.9 Å². The molecule has 5 aromatic rings. The van der Waals surface area contributed by atoms with E-state index in [0.717, 1.165) is 33.4 Å². The minimum atomic E-state index is -0.577. The van der Waals surface area contributed by atoms with E-state index in [0.29, 0.717) is 18.9 Å². The van der Waals surface area contributed by atoms with Crippen LogP contribution in [-0.4, -0.2) is 73.5 Å². The van der Waals surface area contributed by atoms with Gasteiger partial charge in [0, 0.05) is 25.4 Å². The Labute approximate surface area is 350 Å². The maximum Gasteiger partial charge on any atom is 0.307 e. The summed E-state index contributed by atoms with van der Waals surface area (Å²) in [6, 6.07) is 35.9. The van der Waals surface area contributed by atoms with Crippen LogP contribution in [0.1, 0.15) is 48.9 Å². The maximum absolute atomic E-state index is 12.5. The van der Waals surface area contributed by atoms with E-state index in [-0.39, 0.29) is 62.5 Å². The zero-order chi connectivity index (χ0) is 41.5. The highest BCUT2D eigenvalue weighted by Gasteiger charge is 2.20. The average molecular weight is 824 g/mol. The first kappa shape index (κ1) is 46.7. The zero-order valence-corrected chi connectivity index (χ0v) is 33.8. The molecule has 0 aliphatic carbocycles. The second-order valence-electron chi connectivity index (χ2n) is 12.9. The molecule has 15 heteroatoms. The van der Waals surface area contributed by atoms with E-state index in [1.54, 1.807) is 18.5 Å². The third kappa shape index (κ3) is 16.4. The van der Waals surface area contributed by atoms with E-state index in [4.69, 9.17) is 10.5 Å². The van der Waals surface area contributed by atoms with Gasteiger partial charge in [-0.2, -0.15) is 0 Å². The molecule has 2 unspecified atom stereocenters. The van der Waals surface area contributed by atoms with Crippen molar-refractivity contribution in [3.63, 3.8) is 0 Å². The molecule has 2 atom stereocenters.